The summed E-state index contributed by atoms with van der Waals surface area (Å²) in [6.07, 6.45) is 0.210. The first kappa shape index (κ1) is 14.2. The van der Waals surface area contributed by atoms with Crippen LogP contribution in [0.25, 0.3) is 0 Å². The molecule has 5 heteroatoms. The number of hydrogen-bond acceptors (Lipinski definition) is 3. The largest absolute Gasteiger partial charge is 0.481 e. The Morgan fingerprint density at radius 2 is 1.52 bits per heavy atom. The van der Waals surface area contributed by atoms with E-state index in [0.717, 1.165) is 0 Å². The van der Waals surface area contributed by atoms with Crippen LogP contribution < -0.4 is 0 Å². The van der Waals surface area contributed by atoms with E-state index in [1.807, 2.05) is 11.0 Å². The lowest BCUT2D eigenvalue weighted by Crippen LogP contribution is -2.48. The van der Waals surface area contributed by atoms with E-state index < -0.39 is 88.4 Å². The van der Waals surface area contributed by atoms with Gasteiger partial charge in [0.2, 0.25) is 0 Å². The highest BCUT2D eigenvalue weighted by atomic mass is 35.5. The van der Waals surface area contributed by atoms with Crippen LogP contribution in [0.2, 0.25) is 0 Å². The van der Waals surface area contributed by atoms with Gasteiger partial charge in [0.25, 0.3) is 0 Å². The van der Waals surface area contributed by atoms with Crippen molar-refractivity contribution in [2.24, 2.45) is 0 Å². The highest BCUT2D eigenvalue weighted by molar-refractivity contribution is 5.85. The average Bonchev–Trinajstić information content (AvgIpc) is 3.00. The van der Waals surface area contributed by atoms with Gasteiger partial charge in [-0.05, 0) is 49.0 Å². The fourth-order valence-electron chi connectivity index (χ4n) is 4.34. The lowest BCUT2D eigenvalue weighted by Gasteiger charge is -2.40. The molecule has 0 spiro atoms. The first-order chi connectivity index (χ1) is 19.7. The van der Waals surface area contributed by atoms with Crippen molar-refractivity contribution >= 4 is 18.4 Å². The molecule has 33 heavy (non-hydrogen) atoms. The van der Waals surface area contributed by atoms with Crippen LogP contribution in [0.4, 0.5) is 0 Å². The molecule has 0 saturated carbocycles. The number of hydrogen-bond donors (Lipinski definition) is 1. The maximum absolute atomic E-state index is 12.4. The van der Waals surface area contributed by atoms with Gasteiger partial charge in [0.05, 0.1) is 25.2 Å². The average molecular weight is 471 g/mol. The monoisotopic (exact) mass is 470 g/mol. The Balaban J connectivity index is 0.00000506. The summed E-state index contributed by atoms with van der Waals surface area (Å²) >= 11 is 0. The maximum Gasteiger partial charge on any atom is 0.314 e. The van der Waals surface area contributed by atoms with Crippen LogP contribution in [0, 0.1) is 11.3 Å². The summed E-state index contributed by atoms with van der Waals surface area (Å²) in [6, 6.07) is 3.80. The Morgan fingerprint density at radius 1 is 1.00 bits per heavy atom. The van der Waals surface area contributed by atoms with Crippen molar-refractivity contribution in [2.75, 3.05) is 19.6 Å². The summed E-state index contributed by atoms with van der Waals surface area (Å²) in [5.74, 6) is -0.960. The van der Waals surface area contributed by atoms with Crippen LogP contribution in [-0.2, 0) is 15.6 Å². The minimum Gasteiger partial charge on any atom is -0.481 e. The van der Waals surface area contributed by atoms with E-state index in [9.17, 15) is 15.2 Å². The molecule has 0 aromatic heterocycles. The van der Waals surface area contributed by atoms with Gasteiger partial charge in [0.15, 0.2) is 0 Å². The van der Waals surface area contributed by atoms with E-state index >= 15 is 0 Å². The van der Waals surface area contributed by atoms with Crippen molar-refractivity contribution in [3.8, 4) is 6.07 Å². The number of aliphatic carboxylic acids is 1. The van der Waals surface area contributed by atoms with Gasteiger partial charge < -0.3 is 10.0 Å². The highest BCUT2D eigenvalue weighted by Crippen LogP contribution is 2.38. The minimum atomic E-state index is -2.22. The van der Waals surface area contributed by atoms with Gasteiger partial charge in [-0.25, -0.2) is 0 Å². The molecular formula is C28H29ClN2O2. The van der Waals surface area contributed by atoms with Gasteiger partial charge in [-0.2, -0.15) is 5.26 Å². The van der Waals surface area contributed by atoms with E-state index in [1.54, 1.807) is 30.3 Å². The Labute approximate surface area is 216 Å². The summed E-state index contributed by atoms with van der Waals surface area (Å²) < 4.78 is 83.1. The fraction of sp³-hybridized carbons (Fsp3) is 0.286. The first-order valence-electron chi connectivity index (χ1n) is 15.3. The summed E-state index contributed by atoms with van der Waals surface area (Å²) in [5, 5.41) is 20.8. The van der Waals surface area contributed by atoms with Crippen LogP contribution in [0.3, 0.4) is 0 Å². The quantitative estimate of drug-likeness (QED) is 0.500. The number of carboxylic acids is 1. The van der Waals surface area contributed by atoms with Crippen molar-refractivity contribution in [1.82, 2.24) is 4.90 Å². The number of carboxylic acid groups (broad SMARTS) is 1. The van der Waals surface area contributed by atoms with Crippen molar-refractivity contribution in [1.29, 1.82) is 5.26 Å². The highest BCUT2D eigenvalue weighted by Gasteiger charge is 2.43. The van der Waals surface area contributed by atoms with Gasteiger partial charge in [-0.1, -0.05) is 90.8 Å². The first-order valence-corrected chi connectivity index (χ1v) is 10.3. The lowest BCUT2D eigenvalue weighted by atomic mass is 9.71. The number of nitriles is 1. The third-order valence-corrected chi connectivity index (χ3v) is 6.29. The molecule has 4 nitrogen and oxygen atoms in total. The molecule has 4 rings (SSSR count). The summed E-state index contributed by atoms with van der Waals surface area (Å²) in [4.78, 5) is 14.3. The number of benzene rings is 3. The second-order valence-corrected chi connectivity index (χ2v) is 7.86. The van der Waals surface area contributed by atoms with Crippen LogP contribution in [0.5, 0.6) is 0 Å². The third kappa shape index (κ3) is 4.80. The molecule has 0 atom stereocenters. The number of piperidine rings is 1. The maximum atomic E-state index is 12.4. The summed E-state index contributed by atoms with van der Waals surface area (Å²) in [6.45, 7) is 0.649. The van der Waals surface area contributed by atoms with Gasteiger partial charge in [0.1, 0.15) is 5.41 Å². The smallest absolute Gasteiger partial charge is 0.314 e. The van der Waals surface area contributed by atoms with Crippen LogP contribution in [0.1, 0.15) is 49.7 Å². The number of halogens is 1. The molecule has 1 heterocycles. The fourth-order valence-corrected chi connectivity index (χ4v) is 4.34. The molecule has 1 aliphatic rings. The van der Waals surface area contributed by atoms with Crippen molar-refractivity contribution in [3.63, 3.8) is 0 Å². The van der Waals surface area contributed by atoms with Gasteiger partial charge in [0, 0.05) is 6.54 Å². The predicted octanol–water partition coefficient (Wildman–Crippen LogP) is 5.43. The van der Waals surface area contributed by atoms with E-state index in [-0.39, 0.29) is 38.2 Å². The zero-order valence-electron chi connectivity index (χ0n) is 27.8. The molecule has 0 aliphatic carbocycles. The zero-order chi connectivity index (χ0) is 31.1. The van der Waals surface area contributed by atoms with Crippen molar-refractivity contribution in [2.45, 2.75) is 30.1 Å². The van der Waals surface area contributed by atoms with E-state index in [1.165, 1.54) is 0 Å². The molecule has 0 amide bonds. The molecule has 0 unspecified atom stereocenters. The standard InChI is InChI=1S/C28H28N2O2.ClH/c29-22-28(24-12-6-2-7-13-24,25-14-8-3-9-15-25)18-21-30-19-16-27(17-20-30,26(31)32)23-10-4-1-5-11-23;/h1-15H,16-21H2,(H,31,32);1H/i2D,3D,6D,7D,8D,9D,12D,13D,14D,15D;. The molecule has 3 aromatic carbocycles. The van der Waals surface area contributed by atoms with Gasteiger partial charge in [-0.15, -0.1) is 12.4 Å². The van der Waals surface area contributed by atoms with E-state index in [0.29, 0.717) is 18.7 Å². The topological polar surface area (TPSA) is 64.3 Å². The molecular weight excluding hydrogens is 432 g/mol. The second-order valence-electron chi connectivity index (χ2n) is 7.86. The Morgan fingerprint density at radius 3 is 1.97 bits per heavy atom. The summed E-state index contributed by atoms with van der Waals surface area (Å²) in [7, 11) is 0. The van der Waals surface area contributed by atoms with Crippen molar-refractivity contribution in [3.05, 3.63) is 107 Å². The number of likely N-dealkylation sites (tertiary alicyclic amines) is 1. The molecule has 1 aliphatic heterocycles. The van der Waals surface area contributed by atoms with Crippen molar-refractivity contribution < 1.29 is 23.6 Å². The molecule has 3 aromatic rings. The number of carbonyl (C=O) groups is 1. The Kier molecular flexibility index (Phi) is 4.59. The van der Waals surface area contributed by atoms with E-state index in [4.69, 9.17) is 13.7 Å². The number of nitrogens with zero attached hydrogens (tertiary/aromatic N) is 2. The zero-order valence-corrected chi connectivity index (χ0v) is 18.6. The molecule has 1 fully saturated rings. The Bertz CT molecular complexity index is 1480. The van der Waals surface area contributed by atoms with Gasteiger partial charge >= 0.3 is 5.97 Å². The third-order valence-electron chi connectivity index (χ3n) is 6.29. The summed E-state index contributed by atoms with van der Waals surface area (Å²) in [5.41, 5.74) is -3.63. The van der Waals surface area contributed by atoms with E-state index in [2.05, 4.69) is 0 Å². The normalized spacial score (nSPS) is 20.0. The predicted molar refractivity (Wildman–Crippen MR) is 133 cm³/mol. The SMILES string of the molecule is Cl.[2H]c1c([2H])c([2H])c(C(C#N)(CCN2CCC(C(=O)O)(c3ccccc3)CC2)c2c([2H])c([2H])c([2H])c([2H])c2[2H])c([2H])c1[2H]. The molecule has 0 bridgehead atoms. The minimum absolute atomic E-state index is 0. The molecule has 0 radical (unpaired) electrons. The van der Waals surface area contributed by atoms with Gasteiger partial charge in [-0.3, -0.25) is 4.79 Å². The van der Waals surface area contributed by atoms with Crippen LogP contribution >= 0.6 is 12.4 Å². The second kappa shape index (κ2) is 10.7. The molecule has 1 N–H and O–H groups in total. The van der Waals surface area contributed by atoms with Crippen LogP contribution in [-0.4, -0.2) is 35.6 Å². The molecule has 170 valence electrons. The molecule has 1 saturated heterocycles. The Hall–Kier alpha value is -3.13. The number of rotatable bonds is 7. The van der Waals surface area contributed by atoms with Crippen LogP contribution in [0.15, 0.2) is 90.8 Å². The lowest BCUT2D eigenvalue weighted by molar-refractivity contribution is -0.146.